The second-order valence-electron chi connectivity index (χ2n) is 6.31. The van der Waals surface area contributed by atoms with Gasteiger partial charge in [-0.1, -0.05) is 13.8 Å². The zero-order chi connectivity index (χ0) is 12.5. The Morgan fingerprint density at radius 1 is 1.29 bits per heavy atom. The summed E-state index contributed by atoms with van der Waals surface area (Å²) >= 11 is 0. The second-order valence-corrected chi connectivity index (χ2v) is 6.31. The fraction of sp³-hybridized carbons (Fsp3) is 0.929. The van der Waals surface area contributed by atoms with Crippen molar-refractivity contribution in [3.05, 3.63) is 0 Å². The van der Waals surface area contributed by atoms with Crippen LogP contribution in [0.15, 0.2) is 0 Å². The van der Waals surface area contributed by atoms with Gasteiger partial charge >= 0.3 is 0 Å². The van der Waals surface area contributed by atoms with Gasteiger partial charge in [0.15, 0.2) is 0 Å². The summed E-state index contributed by atoms with van der Waals surface area (Å²) in [6.07, 6.45) is 6.79. The van der Waals surface area contributed by atoms with Crippen LogP contribution in [0.5, 0.6) is 0 Å². The Hall–Kier alpha value is -0.570. The molecule has 0 spiro atoms. The van der Waals surface area contributed by atoms with Crippen LogP contribution in [0.3, 0.4) is 0 Å². The van der Waals surface area contributed by atoms with Crippen LogP contribution < -0.4 is 11.1 Å². The standard InChI is InChI=1S/C14H26N2O/c1-10(2)11-3-5-12(6-4-11)16-13(17)14(9-15)7-8-14/h10-12H,3-9,15H2,1-2H3,(H,16,17)/t11-,12-. The summed E-state index contributed by atoms with van der Waals surface area (Å²) in [7, 11) is 0. The predicted molar refractivity (Wildman–Crippen MR) is 69.4 cm³/mol. The lowest BCUT2D eigenvalue weighted by Gasteiger charge is -2.32. The van der Waals surface area contributed by atoms with Gasteiger partial charge in [-0.3, -0.25) is 4.79 Å². The molecule has 98 valence electrons. The number of carbonyl (C=O) groups is 1. The fourth-order valence-corrected chi connectivity index (χ4v) is 2.94. The third kappa shape index (κ3) is 2.82. The number of hydrogen-bond acceptors (Lipinski definition) is 2. The first-order valence-electron chi connectivity index (χ1n) is 7.08. The van der Waals surface area contributed by atoms with Crippen molar-refractivity contribution in [1.29, 1.82) is 0 Å². The Labute approximate surface area is 105 Å². The number of nitrogens with one attached hydrogen (secondary N) is 1. The van der Waals surface area contributed by atoms with E-state index in [0.29, 0.717) is 12.6 Å². The van der Waals surface area contributed by atoms with E-state index in [4.69, 9.17) is 5.73 Å². The third-order valence-electron chi connectivity index (χ3n) is 4.78. The highest BCUT2D eigenvalue weighted by Crippen LogP contribution is 2.45. The molecule has 2 aliphatic carbocycles. The van der Waals surface area contributed by atoms with Gasteiger partial charge in [-0.25, -0.2) is 0 Å². The lowest BCUT2D eigenvalue weighted by Crippen LogP contribution is -2.44. The van der Waals surface area contributed by atoms with Crippen LogP contribution in [0.1, 0.15) is 52.4 Å². The van der Waals surface area contributed by atoms with Gasteiger partial charge < -0.3 is 11.1 Å². The molecule has 0 radical (unpaired) electrons. The fourth-order valence-electron chi connectivity index (χ4n) is 2.94. The first-order chi connectivity index (χ1) is 8.07. The van der Waals surface area contributed by atoms with Crippen molar-refractivity contribution in [1.82, 2.24) is 5.32 Å². The molecule has 0 aromatic carbocycles. The average molecular weight is 238 g/mol. The van der Waals surface area contributed by atoms with Crippen LogP contribution in [0.2, 0.25) is 0 Å². The summed E-state index contributed by atoms with van der Waals surface area (Å²) in [5.41, 5.74) is 5.49. The van der Waals surface area contributed by atoms with Crippen molar-refractivity contribution in [2.75, 3.05) is 6.54 Å². The van der Waals surface area contributed by atoms with Crippen molar-refractivity contribution >= 4 is 5.91 Å². The maximum Gasteiger partial charge on any atom is 0.227 e. The van der Waals surface area contributed by atoms with E-state index in [-0.39, 0.29) is 11.3 Å². The molecule has 2 aliphatic rings. The van der Waals surface area contributed by atoms with Gasteiger partial charge in [0.05, 0.1) is 5.41 Å². The molecule has 3 N–H and O–H groups in total. The van der Waals surface area contributed by atoms with E-state index in [1.165, 1.54) is 12.8 Å². The molecule has 3 heteroatoms. The van der Waals surface area contributed by atoms with Gasteiger partial charge in [0.2, 0.25) is 5.91 Å². The molecule has 0 bridgehead atoms. The highest BCUT2D eigenvalue weighted by atomic mass is 16.2. The molecule has 2 rings (SSSR count). The molecule has 2 saturated carbocycles. The summed E-state index contributed by atoms with van der Waals surface area (Å²) in [5.74, 6) is 1.85. The molecule has 0 aromatic rings. The summed E-state index contributed by atoms with van der Waals surface area (Å²) in [5, 5.41) is 3.21. The topological polar surface area (TPSA) is 55.1 Å². The molecule has 0 saturated heterocycles. The molecule has 2 fully saturated rings. The SMILES string of the molecule is CC(C)[C@H]1CC[C@H](NC(=O)C2(CN)CC2)CC1. The summed E-state index contributed by atoms with van der Waals surface area (Å²) in [6, 6.07) is 0.404. The molecule has 0 heterocycles. The van der Waals surface area contributed by atoms with Crippen molar-refractivity contribution in [3.63, 3.8) is 0 Å². The van der Waals surface area contributed by atoms with E-state index in [9.17, 15) is 4.79 Å². The van der Waals surface area contributed by atoms with Crippen molar-refractivity contribution in [3.8, 4) is 0 Å². The zero-order valence-corrected chi connectivity index (χ0v) is 11.2. The number of amides is 1. The van der Waals surface area contributed by atoms with E-state index in [1.54, 1.807) is 0 Å². The second kappa shape index (κ2) is 4.97. The smallest absolute Gasteiger partial charge is 0.227 e. The highest BCUT2D eigenvalue weighted by molar-refractivity contribution is 5.85. The van der Waals surface area contributed by atoms with Crippen molar-refractivity contribution in [2.45, 2.75) is 58.4 Å². The van der Waals surface area contributed by atoms with Crippen LogP contribution in [0.4, 0.5) is 0 Å². The van der Waals surface area contributed by atoms with Gasteiger partial charge in [0, 0.05) is 12.6 Å². The van der Waals surface area contributed by atoms with Crippen LogP contribution >= 0.6 is 0 Å². The average Bonchev–Trinajstić information content (AvgIpc) is 3.10. The van der Waals surface area contributed by atoms with Crippen LogP contribution in [-0.4, -0.2) is 18.5 Å². The first-order valence-corrected chi connectivity index (χ1v) is 7.08. The Balaban J connectivity index is 1.77. The zero-order valence-electron chi connectivity index (χ0n) is 11.2. The minimum Gasteiger partial charge on any atom is -0.353 e. The quantitative estimate of drug-likeness (QED) is 0.787. The molecule has 0 aliphatic heterocycles. The first kappa shape index (κ1) is 12.9. The van der Waals surface area contributed by atoms with Gasteiger partial charge in [-0.2, -0.15) is 0 Å². The molecular weight excluding hydrogens is 212 g/mol. The molecule has 0 unspecified atom stereocenters. The number of hydrogen-bond donors (Lipinski definition) is 2. The summed E-state index contributed by atoms with van der Waals surface area (Å²) < 4.78 is 0. The lowest BCUT2D eigenvalue weighted by molar-refractivity contribution is -0.127. The predicted octanol–water partition coefficient (Wildman–Crippen LogP) is 2.06. The lowest BCUT2D eigenvalue weighted by atomic mass is 9.79. The highest BCUT2D eigenvalue weighted by Gasteiger charge is 2.49. The van der Waals surface area contributed by atoms with E-state index in [2.05, 4.69) is 19.2 Å². The molecule has 1 amide bonds. The van der Waals surface area contributed by atoms with E-state index >= 15 is 0 Å². The molecule has 0 atom stereocenters. The molecule has 17 heavy (non-hydrogen) atoms. The van der Waals surface area contributed by atoms with Crippen LogP contribution in [0, 0.1) is 17.3 Å². The molecular formula is C14H26N2O. The minimum absolute atomic E-state index is 0.186. The van der Waals surface area contributed by atoms with Gasteiger partial charge in [-0.05, 0) is 50.4 Å². The van der Waals surface area contributed by atoms with Crippen molar-refractivity contribution < 1.29 is 4.79 Å². The Kier molecular flexibility index (Phi) is 3.76. The van der Waals surface area contributed by atoms with Crippen LogP contribution in [-0.2, 0) is 4.79 Å². The van der Waals surface area contributed by atoms with Crippen molar-refractivity contribution in [2.24, 2.45) is 23.0 Å². The largest absolute Gasteiger partial charge is 0.353 e. The number of nitrogens with two attached hydrogens (primary N) is 1. The third-order valence-corrected chi connectivity index (χ3v) is 4.78. The maximum absolute atomic E-state index is 12.1. The van der Waals surface area contributed by atoms with E-state index in [1.807, 2.05) is 0 Å². The number of carbonyl (C=O) groups excluding carboxylic acids is 1. The van der Waals surface area contributed by atoms with E-state index < -0.39 is 0 Å². The Morgan fingerprint density at radius 2 is 1.88 bits per heavy atom. The maximum atomic E-state index is 12.1. The van der Waals surface area contributed by atoms with Gasteiger partial charge in [0.1, 0.15) is 0 Å². The summed E-state index contributed by atoms with van der Waals surface area (Å²) in [4.78, 5) is 12.1. The van der Waals surface area contributed by atoms with Gasteiger partial charge in [-0.15, -0.1) is 0 Å². The minimum atomic E-state index is -0.186. The monoisotopic (exact) mass is 238 g/mol. The Bertz CT molecular complexity index is 276. The molecule has 0 aromatic heterocycles. The summed E-state index contributed by atoms with van der Waals surface area (Å²) in [6.45, 7) is 5.12. The van der Waals surface area contributed by atoms with Crippen LogP contribution in [0.25, 0.3) is 0 Å². The Morgan fingerprint density at radius 3 is 2.29 bits per heavy atom. The number of rotatable bonds is 4. The molecule has 3 nitrogen and oxygen atoms in total. The van der Waals surface area contributed by atoms with E-state index in [0.717, 1.165) is 37.5 Å². The normalized spacial score (nSPS) is 31.3. The van der Waals surface area contributed by atoms with Gasteiger partial charge in [0.25, 0.3) is 0 Å².